The molecule has 2 N–H and O–H groups in total. The molecule has 3 aromatic rings. The maximum Gasteiger partial charge on any atom is 0.263 e. The predicted molar refractivity (Wildman–Crippen MR) is 145 cm³/mol. The molecule has 0 spiro atoms. The van der Waals surface area contributed by atoms with Gasteiger partial charge < -0.3 is 19.3 Å². The summed E-state index contributed by atoms with van der Waals surface area (Å²) in [5.74, 6) is 0.261. The van der Waals surface area contributed by atoms with Crippen LogP contribution in [0.3, 0.4) is 0 Å². The van der Waals surface area contributed by atoms with Gasteiger partial charge in [-0.3, -0.25) is 4.72 Å². The topological polar surface area (TPSA) is 120 Å². The molecule has 0 aliphatic carbocycles. The second-order valence-electron chi connectivity index (χ2n) is 9.96. The smallest absolute Gasteiger partial charge is 0.263 e. The Bertz CT molecular complexity index is 1310. The van der Waals surface area contributed by atoms with Gasteiger partial charge >= 0.3 is 0 Å². The first kappa shape index (κ1) is 28.0. The van der Waals surface area contributed by atoms with Gasteiger partial charge in [-0.1, -0.05) is 55.8 Å². The van der Waals surface area contributed by atoms with Crippen LogP contribution in [-0.4, -0.2) is 56.2 Å². The maximum atomic E-state index is 13.4. The van der Waals surface area contributed by atoms with Crippen LogP contribution >= 0.6 is 0 Å². The molecule has 2 aromatic carbocycles. The van der Waals surface area contributed by atoms with Crippen LogP contribution in [0.5, 0.6) is 5.88 Å². The van der Waals surface area contributed by atoms with Crippen molar-refractivity contribution < 1.29 is 27.7 Å². The Morgan fingerprint density at radius 2 is 1.82 bits per heavy atom. The fourth-order valence-corrected chi connectivity index (χ4v) is 5.20. The van der Waals surface area contributed by atoms with E-state index in [9.17, 15) is 13.5 Å². The highest BCUT2D eigenvalue weighted by molar-refractivity contribution is 7.92. The summed E-state index contributed by atoms with van der Waals surface area (Å²) in [7, 11) is -3.98. The minimum Gasteiger partial charge on any atom is -0.475 e. The number of benzene rings is 2. The number of hydrogen-bond acceptors (Lipinski definition) is 8. The van der Waals surface area contributed by atoms with Gasteiger partial charge in [-0.15, -0.1) is 0 Å². The third-order valence-corrected chi connectivity index (χ3v) is 7.78. The fraction of sp³-hybridized carbons (Fsp3) is 0.429. The number of aliphatic hydroxyl groups is 1. The number of rotatable bonds is 11. The molecule has 1 aliphatic heterocycles. The summed E-state index contributed by atoms with van der Waals surface area (Å²) < 4.78 is 46.6. The first-order valence-electron chi connectivity index (χ1n) is 12.7. The van der Waals surface area contributed by atoms with E-state index in [1.807, 2.05) is 31.2 Å². The molecule has 0 saturated carbocycles. The molecule has 1 atom stereocenters. The van der Waals surface area contributed by atoms with E-state index in [1.54, 1.807) is 24.3 Å². The van der Waals surface area contributed by atoms with E-state index in [0.29, 0.717) is 17.7 Å². The highest BCUT2D eigenvalue weighted by atomic mass is 32.2. The van der Waals surface area contributed by atoms with Gasteiger partial charge in [0.2, 0.25) is 5.88 Å². The fourth-order valence-electron chi connectivity index (χ4n) is 4.18. The molecule has 1 aliphatic rings. The van der Waals surface area contributed by atoms with Gasteiger partial charge in [0.25, 0.3) is 10.0 Å². The molecule has 38 heavy (non-hydrogen) atoms. The molecule has 9 nitrogen and oxygen atoms in total. The molecule has 0 amide bonds. The lowest BCUT2D eigenvalue weighted by Gasteiger charge is -2.30. The monoisotopic (exact) mass is 541 g/mol. The zero-order valence-corrected chi connectivity index (χ0v) is 22.8. The maximum absolute atomic E-state index is 13.4. The van der Waals surface area contributed by atoms with E-state index in [0.717, 1.165) is 37.0 Å². The quantitative estimate of drug-likeness (QED) is 0.366. The molecule has 1 aromatic heterocycles. The Labute approximate surface area is 224 Å². The van der Waals surface area contributed by atoms with Crippen molar-refractivity contribution in [2.45, 2.75) is 56.6 Å². The molecule has 4 rings (SSSR count). The van der Waals surface area contributed by atoms with E-state index >= 15 is 0 Å². The standard InChI is InChI=1S/C28H35N3O6S/c1-20-7-9-21(10-8-20)25-26(29-19-30-27(25)36-17-15-32)31-38(33,34)23-13-11-22(12-14-23)28(2,3)18-37-24-6-4-5-16-35-24/h7-14,19,24,32H,4-6,15-18H2,1-3H3,(H,29,30,31). The molecule has 10 heteroatoms. The van der Waals surface area contributed by atoms with E-state index in [4.69, 9.17) is 14.2 Å². The van der Waals surface area contributed by atoms with Crippen molar-refractivity contribution in [3.05, 3.63) is 66.0 Å². The summed E-state index contributed by atoms with van der Waals surface area (Å²) in [6, 6.07) is 14.2. The van der Waals surface area contributed by atoms with Crippen LogP contribution in [0, 0.1) is 6.92 Å². The predicted octanol–water partition coefficient (Wildman–Crippen LogP) is 4.44. The van der Waals surface area contributed by atoms with Gasteiger partial charge in [-0.25, -0.2) is 18.4 Å². The van der Waals surface area contributed by atoms with Crippen LogP contribution in [0.25, 0.3) is 11.1 Å². The first-order valence-corrected chi connectivity index (χ1v) is 14.2. The second kappa shape index (κ2) is 12.2. The molecular weight excluding hydrogens is 506 g/mol. The van der Waals surface area contributed by atoms with Gasteiger partial charge in [-0.05, 0) is 49.4 Å². The molecule has 0 bridgehead atoms. The lowest BCUT2D eigenvalue weighted by Crippen LogP contribution is -2.31. The molecule has 0 radical (unpaired) electrons. The number of aryl methyl sites for hydroxylation is 1. The Balaban J connectivity index is 1.55. The third-order valence-electron chi connectivity index (χ3n) is 6.43. The van der Waals surface area contributed by atoms with Gasteiger partial charge in [0.15, 0.2) is 12.1 Å². The Hall–Kier alpha value is -3.05. The minimum absolute atomic E-state index is 0.00982. The number of nitrogens with one attached hydrogen (secondary N) is 1. The van der Waals surface area contributed by atoms with Crippen molar-refractivity contribution in [2.75, 3.05) is 31.1 Å². The number of sulfonamides is 1. The summed E-state index contributed by atoms with van der Waals surface area (Å²) >= 11 is 0. The van der Waals surface area contributed by atoms with E-state index < -0.39 is 10.0 Å². The van der Waals surface area contributed by atoms with Gasteiger partial charge in [-0.2, -0.15) is 0 Å². The number of anilines is 1. The number of aliphatic hydroxyl groups excluding tert-OH is 1. The second-order valence-corrected chi connectivity index (χ2v) is 11.6. The summed E-state index contributed by atoms with van der Waals surface area (Å²) in [6.07, 6.45) is 4.08. The first-order chi connectivity index (χ1) is 18.2. The Morgan fingerprint density at radius 1 is 1.08 bits per heavy atom. The normalized spacial score (nSPS) is 16.3. The number of hydrogen-bond donors (Lipinski definition) is 2. The minimum atomic E-state index is -3.98. The molecule has 1 saturated heterocycles. The van der Waals surface area contributed by atoms with Gasteiger partial charge in [0.05, 0.1) is 23.7 Å². The molecule has 204 valence electrons. The van der Waals surface area contributed by atoms with E-state index in [2.05, 4.69) is 28.5 Å². The molecule has 2 heterocycles. The van der Waals surface area contributed by atoms with Crippen molar-refractivity contribution in [1.29, 1.82) is 0 Å². The summed E-state index contributed by atoms with van der Waals surface area (Å²) in [5, 5.41) is 9.22. The lowest BCUT2D eigenvalue weighted by molar-refractivity contribution is -0.170. The van der Waals surface area contributed by atoms with Crippen LogP contribution < -0.4 is 9.46 Å². The lowest BCUT2D eigenvalue weighted by atomic mass is 9.85. The molecule has 1 unspecified atom stereocenters. The van der Waals surface area contributed by atoms with E-state index in [-0.39, 0.29) is 41.5 Å². The van der Waals surface area contributed by atoms with E-state index in [1.165, 1.54) is 6.33 Å². The van der Waals surface area contributed by atoms with Crippen LogP contribution in [0.1, 0.15) is 44.2 Å². The van der Waals surface area contributed by atoms with Gasteiger partial charge in [0.1, 0.15) is 12.9 Å². The SMILES string of the molecule is Cc1ccc(-c2c(NS(=O)(=O)c3ccc(C(C)(C)COC4CCCCO4)cc3)ncnc2OCCO)cc1. The summed E-state index contributed by atoms with van der Waals surface area (Å²) in [5.41, 5.74) is 2.74. The van der Waals surface area contributed by atoms with Crippen molar-refractivity contribution in [2.24, 2.45) is 0 Å². The average Bonchev–Trinajstić information content (AvgIpc) is 2.92. The Morgan fingerprint density at radius 3 is 2.47 bits per heavy atom. The highest BCUT2D eigenvalue weighted by Crippen LogP contribution is 2.35. The van der Waals surface area contributed by atoms with Crippen LogP contribution in [0.4, 0.5) is 5.82 Å². The summed E-state index contributed by atoms with van der Waals surface area (Å²) in [4.78, 5) is 8.48. The van der Waals surface area contributed by atoms with Crippen molar-refractivity contribution in [1.82, 2.24) is 9.97 Å². The molecule has 1 fully saturated rings. The van der Waals surface area contributed by atoms with Crippen molar-refractivity contribution in [3.8, 4) is 17.0 Å². The average molecular weight is 542 g/mol. The number of aromatic nitrogens is 2. The summed E-state index contributed by atoms with van der Waals surface area (Å²) in [6.45, 7) is 7.05. The van der Waals surface area contributed by atoms with Crippen LogP contribution in [-0.2, 0) is 24.9 Å². The van der Waals surface area contributed by atoms with Crippen molar-refractivity contribution in [3.63, 3.8) is 0 Å². The zero-order valence-electron chi connectivity index (χ0n) is 22.0. The van der Waals surface area contributed by atoms with Gasteiger partial charge in [0, 0.05) is 12.0 Å². The molecular formula is C28H35N3O6S. The zero-order chi connectivity index (χ0) is 27.2. The third kappa shape index (κ3) is 6.87. The van der Waals surface area contributed by atoms with Crippen LogP contribution in [0.2, 0.25) is 0 Å². The Kier molecular flexibility index (Phi) is 8.99. The largest absolute Gasteiger partial charge is 0.475 e. The van der Waals surface area contributed by atoms with Crippen LogP contribution in [0.15, 0.2) is 59.8 Å². The number of nitrogens with zero attached hydrogens (tertiary/aromatic N) is 2. The highest BCUT2D eigenvalue weighted by Gasteiger charge is 2.26. The van der Waals surface area contributed by atoms with Crippen molar-refractivity contribution >= 4 is 15.8 Å². The number of ether oxygens (including phenoxy) is 3.